The van der Waals surface area contributed by atoms with Crippen LogP contribution in [0.5, 0.6) is 0 Å². The molecular formula is C15H13N3S. The molecule has 1 aromatic carbocycles. The summed E-state index contributed by atoms with van der Waals surface area (Å²) in [6.07, 6.45) is 1.34. The number of benzene rings is 1. The maximum atomic E-state index is 8.65. The predicted octanol–water partition coefficient (Wildman–Crippen LogP) is 3.76. The molecule has 2 heterocycles. The van der Waals surface area contributed by atoms with E-state index in [0.29, 0.717) is 6.42 Å². The van der Waals surface area contributed by atoms with Crippen molar-refractivity contribution in [1.82, 2.24) is 9.55 Å². The number of hydrogen-bond acceptors (Lipinski definition) is 3. The van der Waals surface area contributed by atoms with Gasteiger partial charge in [-0.3, -0.25) is 0 Å². The van der Waals surface area contributed by atoms with Crippen molar-refractivity contribution in [3.05, 3.63) is 41.3 Å². The van der Waals surface area contributed by atoms with Crippen LogP contribution in [0, 0.1) is 11.3 Å². The Morgan fingerprint density at radius 2 is 2.26 bits per heavy atom. The van der Waals surface area contributed by atoms with E-state index >= 15 is 0 Å². The van der Waals surface area contributed by atoms with E-state index in [1.807, 2.05) is 13.1 Å². The lowest BCUT2D eigenvalue weighted by molar-refractivity contribution is 0.962. The Labute approximate surface area is 115 Å². The molecule has 0 amide bonds. The Hall–Kier alpha value is -2.12. The quantitative estimate of drug-likeness (QED) is 0.725. The molecule has 3 nitrogen and oxygen atoms in total. The summed E-state index contributed by atoms with van der Waals surface area (Å²) in [5, 5.41) is 10.7. The lowest BCUT2D eigenvalue weighted by atomic mass is 10.1. The van der Waals surface area contributed by atoms with E-state index in [2.05, 4.69) is 40.3 Å². The van der Waals surface area contributed by atoms with E-state index in [0.717, 1.165) is 23.3 Å². The zero-order valence-corrected chi connectivity index (χ0v) is 11.4. The molecule has 0 saturated carbocycles. The minimum atomic E-state index is 0.552. The van der Waals surface area contributed by atoms with Crippen molar-refractivity contribution in [3.63, 3.8) is 0 Å². The predicted molar refractivity (Wildman–Crippen MR) is 78.0 cm³/mol. The minimum Gasteiger partial charge on any atom is -0.326 e. The Morgan fingerprint density at radius 1 is 1.37 bits per heavy atom. The zero-order chi connectivity index (χ0) is 13.2. The summed E-state index contributed by atoms with van der Waals surface area (Å²) < 4.78 is 2.12. The molecule has 2 aromatic heterocycles. The second kappa shape index (κ2) is 4.87. The summed E-state index contributed by atoms with van der Waals surface area (Å²) in [5.74, 6) is 1.00. The number of aryl methyl sites for hydroxylation is 2. The van der Waals surface area contributed by atoms with Gasteiger partial charge in [0.15, 0.2) is 5.82 Å². The molecule has 3 aromatic rings. The second-order valence-electron chi connectivity index (χ2n) is 4.45. The van der Waals surface area contributed by atoms with E-state index in [4.69, 9.17) is 10.2 Å². The van der Waals surface area contributed by atoms with Crippen LogP contribution in [0.2, 0.25) is 0 Å². The second-order valence-corrected chi connectivity index (χ2v) is 5.40. The van der Waals surface area contributed by atoms with Crippen LogP contribution in [0.25, 0.3) is 21.7 Å². The third kappa shape index (κ3) is 2.13. The number of imidazole rings is 1. The highest BCUT2D eigenvalue weighted by atomic mass is 32.1. The number of nitrogens with zero attached hydrogens (tertiary/aromatic N) is 3. The van der Waals surface area contributed by atoms with Crippen LogP contribution >= 0.6 is 11.3 Å². The Bertz CT molecular complexity index is 748. The molecule has 0 bridgehead atoms. The van der Waals surface area contributed by atoms with Crippen LogP contribution in [-0.2, 0) is 13.5 Å². The Morgan fingerprint density at radius 3 is 3.00 bits per heavy atom. The smallest absolute Gasteiger partial charge is 0.150 e. The Kier molecular flexibility index (Phi) is 3.06. The molecule has 0 saturated heterocycles. The van der Waals surface area contributed by atoms with Crippen molar-refractivity contribution in [1.29, 1.82) is 5.26 Å². The van der Waals surface area contributed by atoms with Crippen molar-refractivity contribution >= 4 is 22.4 Å². The molecule has 0 N–H and O–H groups in total. The average molecular weight is 267 g/mol. The van der Waals surface area contributed by atoms with Gasteiger partial charge in [0.1, 0.15) is 0 Å². The number of hydrogen-bond donors (Lipinski definition) is 0. The summed E-state index contributed by atoms with van der Waals surface area (Å²) in [5.41, 5.74) is 3.30. The first kappa shape index (κ1) is 11.9. The molecule has 0 fully saturated rings. The minimum absolute atomic E-state index is 0.552. The van der Waals surface area contributed by atoms with Gasteiger partial charge >= 0.3 is 0 Å². The molecule has 0 aliphatic carbocycles. The number of fused-ring (bicyclic) bond motifs is 1. The molecular weight excluding hydrogens is 254 g/mol. The Balaban J connectivity index is 2.08. The van der Waals surface area contributed by atoms with E-state index in [1.54, 1.807) is 11.3 Å². The van der Waals surface area contributed by atoms with Gasteiger partial charge in [0.05, 0.1) is 22.0 Å². The van der Waals surface area contributed by atoms with Crippen LogP contribution in [-0.4, -0.2) is 9.55 Å². The maximum absolute atomic E-state index is 8.65. The van der Waals surface area contributed by atoms with Gasteiger partial charge in [-0.2, -0.15) is 5.26 Å². The summed E-state index contributed by atoms with van der Waals surface area (Å²) in [7, 11) is 2.04. The van der Waals surface area contributed by atoms with Gasteiger partial charge in [0.25, 0.3) is 0 Å². The van der Waals surface area contributed by atoms with Crippen LogP contribution in [0.4, 0.5) is 0 Å². The molecule has 0 atom stereocenters. The van der Waals surface area contributed by atoms with Crippen LogP contribution < -0.4 is 0 Å². The summed E-state index contributed by atoms with van der Waals surface area (Å²) in [6, 6.07) is 12.6. The number of rotatable bonds is 3. The third-order valence-electron chi connectivity index (χ3n) is 3.21. The highest BCUT2D eigenvalue weighted by Crippen LogP contribution is 2.27. The number of nitriles is 1. The highest BCUT2D eigenvalue weighted by Gasteiger charge is 2.10. The maximum Gasteiger partial charge on any atom is 0.150 e. The monoisotopic (exact) mass is 267 g/mol. The van der Waals surface area contributed by atoms with Crippen LogP contribution in [0.1, 0.15) is 12.0 Å². The molecule has 0 aliphatic heterocycles. The molecule has 0 aliphatic rings. The molecule has 4 heteroatoms. The van der Waals surface area contributed by atoms with Gasteiger partial charge in [-0.25, -0.2) is 4.98 Å². The first-order valence-corrected chi connectivity index (χ1v) is 7.04. The van der Waals surface area contributed by atoms with Gasteiger partial charge in [0.2, 0.25) is 0 Å². The summed E-state index contributed by atoms with van der Waals surface area (Å²) in [4.78, 5) is 5.89. The van der Waals surface area contributed by atoms with E-state index in [1.165, 1.54) is 10.4 Å². The van der Waals surface area contributed by atoms with Crippen molar-refractivity contribution in [2.45, 2.75) is 12.8 Å². The van der Waals surface area contributed by atoms with Crippen molar-refractivity contribution in [3.8, 4) is 16.8 Å². The van der Waals surface area contributed by atoms with Gasteiger partial charge < -0.3 is 4.57 Å². The summed E-state index contributed by atoms with van der Waals surface area (Å²) in [6.45, 7) is 0. The topological polar surface area (TPSA) is 41.6 Å². The lowest BCUT2D eigenvalue weighted by Gasteiger charge is -2.00. The van der Waals surface area contributed by atoms with E-state index in [9.17, 15) is 0 Å². The largest absolute Gasteiger partial charge is 0.326 e. The normalized spacial score (nSPS) is 10.7. The molecule has 0 spiro atoms. The number of aromatic nitrogens is 2. The average Bonchev–Trinajstić information content (AvgIpc) is 3.04. The molecule has 0 radical (unpaired) electrons. The highest BCUT2D eigenvalue weighted by molar-refractivity contribution is 7.13. The SMILES string of the molecule is Cn1c(-c2cccs2)nc2cc(CCC#N)ccc21. The van der Waals surface area contributed by atoms with Gasteiger partial charge in [-0.05, 0) is 35.6 Å². The van der Waals surface area contributed by atoms with E-state index in [-0.39, 0.29) is 0 Å². The standard InChI is InChI=1S/C15H13N3S/c1-18-13-7-6-11(4-2-8-16)10-12(13)17-15(18)14-5-3-9-19-14/h3,5-7,9-10H,2,4H2,1H3. The van der Waals surface area contributed by atoms with Gasteiger partial charge in [-0.1, -0.05) is 12.1 Å². The van der Waals surface area contributed by atoms with Gasteiger partial charge in [-0.15, -0.1) is 11.3 Å². The molecule has 0 unspecified atom stereocenters. The summed E-state index contributed by atoms with van der Waals surface area (Å²) >= 11 is 1.70. The van der Waals surface area contributed by atoms with Crippen molar-refractivity contribution in [2.75, 3.05) is 0 Å². The van der Waals surface area contributed by atoms with Gasteiger partial charge in [0, 0.05) is 13.5 Å². The molecule has 94 valence electrons. The van der Waals surface area contributed by atoms with Crippen molar-refractivity contribution < 1.29 is 0 Å². The molecule has 19 heavy (non-hydrogen) atoms. The fraction of sp³-hybridized carbons (Fsp3) is 0.200. The fourth-order valence-corrected chi connectivity index (χ4v) is 2.98. The first-order valence-electron chi connectivity index (χ1n) is 6.16. The lowest BCUT2D eigenvalue weighted by Crippen LogP contribution is -1.90. The van der Waals surface area contributed by atoms with Crippen molar-refractivity contribution in [2.24, 2.45) is 7.05 Å². The fourth-order valence-electron chi connectivity index (χ4n) is 2.23. The first-order chi connectivity index (χ1) is 9.29. The zero-order valence-electron chi connectivity index (χ0n) is 10.6. The number of thiophene rings is 1. The van der Waals surface area contributed by atoms with E-state index < -0.39 is 0 Å². The third-order valence-corrected chi connectivity index (χ3v) is 4.08. The molecule has 3 rings (SSSR count). The van der Waals surface area contributed by atoms with Crippen LogP contribution in [0.3, 0.4) is 0 Å². The van der Waals surface area contributed by atoms with Crippen LogP contribution in [0.15, 0.2) is 35.7 Å².